The molecule has 10 nitrogen and oxygen atoms in total. The molecule has 1 aliphatic heterocycles. The molecule has 1 aromatic carbocycles. The van der Waals surface area contributed by atoms with Crippen LogP contribution in [0.4, 0.5) is 10.6 Å². The Kier molecular flexibility index (Phi) is 13.0. The van der Waals surface area contributed by atoms with Gasteiger partial charge in [-0.3, -0.25) is 14.9 Å². The number of amides is 2. The minimum Gasteiger partial charge on any atom is -1.00 e. The number of nitrogens with one attached hydrogen (secondary N) is 1. The minimum atomic E-state index is -1.26. The summed E-state index contributed by atoms with van der Waals surface area (Å²) in [5.74, 6) is -1.05. The molecular formula is C22H24N3NaO7S. The summed E-state index contributed by atoms with van der Waals surface area (Å²) in [6.45, 7) is 1.27. The Morgan fingerprint density at radius 2 is 1.79 bits per heavy atom. The van der Waals surface area contributed by atoms with Gasteiger partial charge in [0.05, 0.1) is 11.8 Å². The van der Waals surface area contributed by atoms with Gasteiger partial charge in [-0.1, -0.05) is 30.0 Å². The number of thioether (sulfide) groups is 1. The second kappa shape index (κ2) is 15.1. The third kappa shape index (κ3) is 10.8. The molecule has 2 amide bonds. The van der Waals surface area contributed by atoms with E-state index in [-0.39, 0.29) is 47.4 Å². The van der Waals surface area contributed by atoms with Gasteiger partial charge in [-0.2, -0.15) is 0 Å². The zero-order chi connectivity index (χ0) is 24.2. The first kappa shape index (κ1) is 29.2. The van der Waals surface area contributed by atoms with Crippen molar-refractivity contribution < 1.29 is 65.1 Å². The number of benzene rings is 1. The predicted molar refractivity (Wildman–Crippen MR) is 124 cm³/mol. The summed E-state index contributed by atoms with van der Waals surface area (Å²) in [5, 5.41) is 17.3. The topological polar surface area (TPSA) is 146 Å². The van der Waals surface area contributed by atoms with Crippen molar-refractivity contribution in [3.8, 4) is 5.75 Å². The number of imide groups is 1. The van der Waals surface area contributed by atoms with Crippen molar-refractivity contribution in [3.05, 3.63) is 66.4 Å². The van der Waals surface area contributed by atoms with Gasteiger partial charge in [-0.25, -0.2) is 14.6 Å². The van der Waals surface area contributed by atoms with Crippen molar-refractivity contribution in [1.29, 1.82) is 0 Å². The molecular weight excluding hydrogens is 473 g/mol. The van der Waals surface area contributed by atoms with Gasteiger partial charge in [0.1, 0.15) is 18.2 Å². The van der Waals surface area contributed by atoms with E-state index in [2.05, 4.69) is 10.3 Å². The van der Waals surface area contributed by atoms with Gasteiger partial charge in [0, 0.05) is 25.4 Å². The Bertz CT molecular complexity index is 994. The summed E-state index contributed by atoms with van der Waals surface area (Å²) in [6.07, 6.45) is 3.41. The van der Waals surface area contributed by atoms with Crippen LogP contribution >= 0.6 is 11.8 Å². The van der Waals surface area contributed by atoms with E-state index in [4.69, 9.17) is 14.9 Å². The van der Waals surface area contributed by atoms with Crippen LogP contribution in [0.2, 0.25) is 0 Å². The first-order valence-electron chi connectivity index (χ1n) is 9.74. The molecule has 0 aliphatic carbocycles. The fourth-order valence-electron chi connectivity index (χ4n) is 2.60. The Labute approximate surface area is 224 Å². The van der Waals surface area contributed by atoms with E-state index in [0.29, 0.717) is 25.2 Å². The number of carbonyl (C=O) groups excluding carboxylic acids is 2. The summed E-state index contributed by atoms with van der Waals surface area (Å²) in [7, 11) is 1.97. The molecule has 34 heavy (non-hydrogen) atoms. The van der Waals surface area contributed by atoms with Crippen molar-refractivity contribution in [2.24, 2.45) is 0 Å². The van der Waals surface area contributed by atoms with Gasteiger partial charge in [0.2, 0.25) is 5.91 Å². The number of pyridine rings is 1. The summed E-state index contributed by atoms with van der Waals surface area (Å²) < 4.78 is 5.75. The molecule has 0 radical (unpaired) electrons. The average Bonchev–Trinajstić information content (AvgIpc) is 3.11. The number of likely N-dealkylation sites (N-methyl/N-ethyl adjacent to an activating group) is 1. The van der Waals surface area contributed by atoms with Crippen LogP contribution in [-0.2, 0) is 20.8 Å². The first-order chi connectivity index (χ1) is 15.7. The van der Waals surface area contributed by atoms with Crippen LogP contribution in [-0.4, -0.2) is 63.7 Å². The molecule has 3 rings (SSSR count). The summed E-state index contributed by atoms with van der Waals surface area (Å²) >= 11 is 1.05. The number of nitrogens with zero attached hydrogens (tertiary/aromatic N) is 2. The van der Waals surface area contributed by atoms with Crippen LogP contribution in [0.5, 0.6) is 5.75 Å². The number of rotatable bonds is 9. The molecule has 0 bridgehead atoms. The number of hydrogen-bond acceptors (Lipinski definition) is 8. The van der Waals surface area contributed by atoms with Crippen LogP contribution in [0.1, 0.15) is 6.99 Å². The monoisotopic (exact) mass is 497 g/mol. The van der Waals surface area contributed by atoms with Crippen LogP contribution < -0.4 is 44.5 Å². The molecule has 2 heterocycles. The van der Waals surface area contributed by atoms with Crippen molar-refractivity contribution >= 4 is 40.7 Å². The molecule has 0 saturated carbocycles. The molecule has 3 N–H and O–H groups in total. The van der Waals surface area contributed by atoms with Gasteiger partial charge in [0.15, 0.2) is 0 Å². The molecule has 1 aliphatic rings. The number of carboxylic acid groups (broad SMARTS) is 2. The molecule has 1 aromatic heterocycles. The fourth-order valence-corrected chi connectivity index (χ4v) is 3.46. The molecule has 12 heteroatoms. The van der Waals surface area contributed by atoms with Gasteiger partial charge >= 0.3 is 41.5 Å². The SMILES string of the molecule is CN(CCOc1ccc(CC2SC(=O)NC2=O)cc1)c1ccccn1.O=C(O)C=CC(=O)O.[H-].[Na+]. The summed E-state index contributed by atoms with van der Waals surface area (Å²) in [5.41, 5.74) is 1.00. The van der Waals surface area contributed by atoms with E-state index in [1.165, 1.54) is 0 Å². The maximum atomic E-state index is 11.6. The molecule has 1 saturated heterocycles. The number of aliphatic carboxylic acids is 2. The Balaban J connectivity index is 0.00000101. The number of aromatic nitrogens is 1. The van der Waals surface area contributed by atoms with Gasteiger partial charge < -0.3 is 21.3 Å². The van der Waals surface area contributed by atoms with E-state index < -0.39 is 11.9 Å². The normalized spacial score (nSPS) is 14.4. The zero-order valence-corrected chi connectivity index (χ0v) is 21.5. The zero-order valence-electron chi connectivity index (χ0n) is 19.7. The van der Waals surface area contributed by atoms with Gasteiger partial charge in [0.25, 0.3) is 5.24 Å². The predicted octanol–water partition coefficient (Wildman–Crippen LogP) is -0.681. The molecule has 1 atom stereocenters. The molecule has 2 aromatic rings. The smallest absolute Gasteiger partial charge is 1.00 e. The van der Waals surface area contributed by atoms with Crippen LogP contribution in [0.15, 0.2) is 60.8 Å². The second-order valence-corrected chi connectivity index (χ2v) is 7.87. The number of ether oxygens (including phenoxy) is 1. The van der Waals surface area contributed by atoms with Crippen molar-refractivity contribution in [2.45, 2.75) is 11.7 Å². The quantitative estimate of drug-likeness (QED) is 0.301. The van der Waals surface area contributed by atoms with Crippen LogP contribution in [0.25, 0.3) is 0 Å². The molecule has 176 valence electrons. The largest absolute Gasteiger partial charge is 1.00 e. The van der Waals surface area contributed by atoms with Crippen LogP contribution in [0, 0.1) is 0 Å². The number of anilines is 1. The van der Waals surface area contributed by atoms with Crippen molar-refractivity contribution in [2.75, 3.05) is 25.1 Å². The van der Waals surface area contributed by atoms with Gasteiger partial charge in [-0.05, 0) is 36.2 Å². The van der Waals surface area contributed by atoms with E-state index in [1.807, 2.05) is 54.4 Å². The average molecular weight is 498 g/mol. The van der Waals surface area contributed by atoms with E-state index in [0.717, 1.165) is 35.4 Å². The maximum Gasteiger partial charge on any atom is 1.00 e. The van der Waals surface area contributed by atoms with Crippen LogP contribution in [0.3, 0.4) is 0 Å². The minimum absolute atomic E-state index is 0. The number of hydrogen-bond donors (Lipinski definition) is 3. The molecule has 1 unspecified atom stereocenters. The molecule has 1 fully saturated rings. The maximum absolute atomic E-state index is 11.6. The third-order valence-corrected chi connectivity index (χ3v) is 5.20. The second-order valence-electron chi connectivity index (χ2n) is 6.70. The third-order valence-electron chi connectivity index (χ3n) is 4.22. The fraction of sp³-hybridized carbons (Fsp3) is 0.227. The summed E-state index contributed by atoms with van der Waals surface area (Å²) in [4.78, 5) is 48.2. The molecule has 0 spiro atoms. The Hall–Kier alpha value is -2.86. The number of carbonyl (C=O) groups is 4. The Morgan fingerprint density at radius 1 is 1.15 bits per heavy atom. The van der Waals surface area contributed by atoms with Crippen molar-refractivity contribution in [3.63, 3.8) is 0 Å². The van der Waals surface area contributed by atoms with E-state index >= 15 is 0 Å². The first-order valence-corrected chi connectivity index (χ1v) is 10.6. The Morgan fingerprint density at radius 3 is 2.29 bits per heavy atom. The number of carboxylic acids is 2. The van der Waals surface area contributed by atoms with E-state index in [9.17, 15) is 19.2 Å². The van der Waals surface area contributed by atoms with Gasteiger partial charge in [-0.15, -0.1) is 0 Å². The summed E-state index contributed by atoms with van der Waals surface area (Å²) in [6, 6.07) is 13.4. The van der Waals surface area contributed by atoms with Crippen molar-refractivity contribution in [1.82, 2.24) is 10.3 Å². The van der Waals surface area contributed by atoms with E-state index in [1.54, 1.807) is 6.20 Å². The standard InChI is InChI=1S/C18H19N3O3S.C4H4O4.Na.H/c1-21(16-4-2-3-9-19-16)10-11-24-14-7-5-13(6-8-14)12-15-17(22)20-18(23)25-15;5-3(6)1-2-4(7)8;;/h2-9,15H,10-12H2,1H3,(H,20,22,23);1-2H,(H,5,6)(H,7,8);;/q;;+1;-1.